The molecule has 0 unspecified atom stereocenters. The first kappa shape index (κ1) is 28.4. The molecule has 2 fully saturated rings. The normalized spacial score (nSPS) is 19.6. The number of amides is 2. The summed E-state index contributed by atoms with van der Waals surface area (Å²) in [5.41, 5.74) is 5.17. The van der Waals surface area contributed by atoms with Crippen LogP contribution in [0.4, 0.5) is 10.1 Å². The number of carbonyl (C=O) groups is 2. The van der Waals surface area contributed by atoms with Crippen molar-refractivity contribution in [3.8, 4) is 11.8 Å². The number of nitrogens with one attached hydrogen (secondary N) is 1. The van der Waals surface area contributed by atoms with Crippen molar-refractivity contribution < 1.29 is 18.7 Å². The molecule has 8 nitrogen and oxygen atoms in total. The highest BCUT2D eigenvalue weighted by molar-refractivity contribution is 6.02. The minimum absolute atomic E-state index is 0.144. The van der Waals surface area contributed by atoms with Crippen molar-refractivity contribution in [2.45, 2.75) is 45.0 Å². The zero-order chi connectivity index (χ0) is 30.1. The van der Waals surface area contributed by atoms with Crippen molar-refractivity contribution >= 4 is 17.5 Å². The summed E-state index contributed by atoms with van der Waals surface area (Å²) in [5.74, 6) is -0.0282. The molecule has 2 atom stereocenters. The summed E-state index contributed by atoms with van der Waals surface area (Å²) in [6, 6.07) is 20.2. The third-order valence-corrected chi connectivity index (χ3v) is 8.79. The zero-order valence-electron chi connectivity index (χ0n) is 24.2. The second-order valence-electron chi connectivity index (χ2n) is 11.4. The average Bonchev–Trinajstić information content (AvgIpc) is 3.36. The fourth-order valence-electron chi connectivity index (χ4n) is 6.22. The van der Waals surface area contributed by atoms with Gasteiger partial charge in [0.15, 0.2) is 0 Å². The lowest BCUT2D eigenvalue weighted by Gasteiger charge is -2.39. The van der Waals surface area contributed by atoms with Gasteiger partial charge >= 0.3 is 0 Å². The maximum atomic E-state index is 14.5. The predicted octanol–water partition coefficient (Wildman–Crippen LogP) is 4.91. The molecule has 2 amide bonds. The summed E-state index contributed by atoms with van der Waals surface area (Å²) in [5, 5.41) is 11.8. The average molecular weight is 580 g/mol. The lowest BCUT2D eigenvalue weighted by molar-refractivity contribution is -0.126. The number of anilines is 1. The molecule has 1 N–H and O–H groups in total. The fraction of sp³-hybridized carbons (Fsp3) is 0.324. The Morgan fingerprint density at radius 1 is 1.09 bits per heavy atom. The lowest BCUT2D eigenvalue weighted by atomic mass is 10.0. The quantitative estimate of drug-likeness (QED) is 0.428. The van der Waals surface area contributed by atoms with E-state index in [1.165, 1.54) is 11.6 Å². The Kier molecular flexibility index (Phi) is 7.87. The topological polar surface area (TPSA) is 88.9 Å². The van der Waals surface area contributed by atoms with Gasteiger partial charge in [-0.3, -0.25) is 14.5 Å². The van der Waals surface area contributed by atoms with Crippen LogP contribution in [-0.2, 0) is 17.9 Å². The van der Waals surface area contributed by atoms with E-state index in [1.807, 2.05) is 23.1 Å². The van der Waals surface area contributed by atoms with Crippen LogP contribution in [0.1, 0.15) is 58.4 Å². The number of rotatable bonds is 7. The van der Waals surface area contributed by atoms with E-state index in [-0.39, 0.29) is 23.7 Å². The maximum Gasteiger partial charge on any atom is 0.255 e. The Hall–Kier alpha value is -4.68. The van der Waals surface area contributed by atoms with E-state index in [0.29, 0.717) is 67.3 Å². The Morgan fingerprint density at radius 3 is 2.56 bits per heavy atom. The molecule has 3 heterocycles. The molecule has 43 heavy (non-hydrogen) atoms. The monoisotopic (exact) mass is 579 g/mol. The number of carbonyl (C=O) groups excluding carboxylic acids is 2. The molecule has 0 aromatic heterocycles. The number of hydrogen-bond donors (Lipinski definition) is 1. The highest BCUT2D eigenvalue weighted by Crippen LogP contribution is 2.34. The second kappa shape index (κ2) is 11.9. The van der Waals surface area contributed by atoms with Crippen LogP contribution in [0.15, 0.2) is 72.9 Å². The largest absolute Gasteiger partial charge is 0.489 e. The van der Waals surface area contributed by atoms with Gasteiger partial charge in [-0.15, -0.1) is 0 Å². The standard InChI is InChI=1S/C34H34FN5O3/c1-22-6-12-31(33(41)37-22)40-20-28-27(34(40)42)4-3-5-32(28)43-21-24-7-10-26(11-8-24)23(2)38-14-16-39(17-15-38)30-13-9-25(19-36)18-29(30)35/h3-5,7-11,13,18,23,31H,1,6,12,14-17,20-21H2,2H3,(H,37,41)/t23-,31+/m1/s1. The van der Waals surface area contributed by atoms with Crippen LogP contribution < -0.4 is 15.0 Å². The summed E-state index contributed by atoms with van der Waals surface area (Å²) in [4.78, 5) is 31.7. The lowest BCUT2D eigenvalue weighted by Crippen LogP contribution is -2.49. The summed E-state index contributed by atoms with van der Waals surface area (Å²) in [6.07, 6.45) is 1.22. The molecule has 0 aliphatic carbocycles. The highest BCUT2D eigenvalue weighted by atomic mass is 19.1. The van der Waals surface area contributed by atoms with Crippen LogP contribution in [-0.4, -0.2) is 53.8 Å². The van der Waals surface area contributed by atoms with E-state index in [0.717, 1.165) is 24.2 Å². The van der Waals surface area contributed by atoms with E-state index in [9.17, 15) is 14.0 Å². The van der Waals surface area contributed by atoms with Gasteiger partial charge in [-0.25, -0.2) is 4.39 Å². The molecule has 0 bridgehead atoms. The number of piperazine rings is 1. The van der Waals surface area contributed by atoms with E-state index in [4.69, 9.17) is 10.00 Å². The minimum Gasteiger partial charge on any atom is -0.489 e. The SMILES string of the molecule is C=C1CC[C@H](N2Cc3c(OCc4ccc([C@@H](C)N5CCN(c6ccc(C#N)cc6F)CC5)cc4)cccc3C2=O)C(=O)N1. The molecular formula is C34H34FN5O3. The van der Waals surface area contributed by atoms with E-state index in [2.05, 4.69) is 48.0 Å². The molecule has 3 aromatic carbocycles. The fourth-order valence-corrected chi connectivity index (χ4v) is 6.22. The molecule has 3 aliphatic heterocycles. The van der Waals surface area contributed by atoms with E-state index in [1.54, 1.807) is 23.1 Å². The first-order chi connectivity index (χ1) is 20.8. The van der Waals surface area contributed by atoms with Crippen LogP contribution in [0, 0.1) is 17.1 Å². The molecule has 9 heteroatoms. The molecule has 220 valence electrons. The van der Waals surface area contributed by atoms with Crippen LogP contribution in [0.25, 0.3) is 0 Å². The van der Waals surface area contributed by atoms with Crippen molar-refractivity contribution in [1.29, 1.82) is 5.26 Å². The van der Waals surface area contributed by atoms with Crippen molar-refractivity contribution in [3.05, 3.63) is 107 Å². The van der Waals surface area contributed by atoms with Gasteiger partial charge in [-0.1, -0.05) is 36.9 Å². The number of nitrogens with zero attached hydrogens (tertiary/aromatic N) is 4. The van der Waals surface area contributed by atoms with Gasteiger partial charge in [0.25, 0.3) is 5.91 Å². The Balaban J connectivity index is 1.05. The van der Waals surface area contributed by atoms with Gasteiger partial charge in [-0.05, 0) is 61.2 Å². The van der Waals surface area contributed by atoms with Crippen molar-refractivity contribution in [1.82, 2.24) is 15.1 Å². The number of ether oxygens (including phenoxy) is 1. The molecule has 0 radical (unpaired) electrons. The molecule has 0 spiro atoms. The van der Waals surface area contributed by atoms with Crippen LogP contribution in [0.2, 0.25) is 0 Å². The van der Waals surface area contributed by atoms with E-state index >= 15 is 0 Å². The number of halogens is 1. The Labute approximate surface area is 251 Å². The van der Waals surface area contributed by atoms with Crippen LogP contribution >= 0.6 is 0 Å². The van der Waals surface area contributed by atoms with Gasteiger partial charge < -0.3 is 19.9 Å². The molecule has 3 aliphatic rings. The smallest absolute Gasteiger partial charge is 0.255 e. The summed E-state index contributed by atoms with van der Waals surface area (Å²) < 4.78 is 20.7. The minimum atomic E-state index is -0.507. The predicted molar refractivity (Wildman–Crippen MR) is 161 cm³/mol. The number of allylic oxidation sites excluding steroid dienone is 1. The van der Waals surface area contributed by atoms with Gasteiger partial charge in [0.05, 0.1) is 23.9 Å². The number of nitriles is 1. The molecule has 3 aromatic rings. The van der Waals surface area contributed by atoms with Gasteiger partial charge in [0.1, 0.15) is 24.2 Å². The molecule has 2 saturated heterocycles. The summed E-state index contributed by atoms with van der Waals surface area (Å²) in [7, 11) is 0. The second-order valence-corrected chi connectivity index (χ2v) is 11.4. The maximum absolute atomic E-state index is 14.5. The number of hydrogen-bond acceptors (Lipinski definition) is 6. The van der Waals surface area contributed by atoms with Crippen LogP contribution in [0.3, 0.4) is 0 Å². The van der Waals surface area contributed by atoms with Gasteiger partial charge in [-0.2, -0.15) is 5.26 Å². The first-order valence-corrected chi connectivity index (χ1v) is 14.6. The van der Waals surface area contributed by atoms with Crippen molar-refractivity contribution in [3.63, 3.8) is 0 Å². The molecule has 6 rings (SSSR count). The van der Waals surface area contributed by atoms with Gasteiger partial charge in [0.2, 0.25) is 5.91 Å². The number of piperidine rings is 1. The zero-order valence-corrected chi connectivity index (χ0v) is 24.2. The Morgan fingerprint density at radius 2 is 1.86 bits per heavy atom. The Bertz CT molecular complexity index is 1610. The third kappa shape index (κ3) is 5.71. The van der Waals surface area contributed by atoms with Crippen molar-refractivity contribution in [2.24, 2.45) is 0 Å². The third-order valence-electron chi connectivity index (χ3n) is 8.79. The molecular weight excluding hydrogens is 545 g/mol. The summed E-state index contributed by atoms with van der Waals surface area (Å²) >= 11 is 0. The first-order valence-electron chi connectivity index (χ1n) is 14.6. The van der Waals surface area contributed by atoms with E-state index < -0.39 is 6.04 Å². The summed E-state index contributed by atoms with van der Waals surface area (Å²) in [6.45, 7) is 9.74. The van der Waals surface area contributed by atoms with Crippen LogP contribution in [0.5, 0.6) is 5.75 Å². The van der Waals surface area contributed by atoms with Gasteiger partial charge in [0, 0.05) is 49.0 Å². The number of benzene rings is 3. The molecule has 0 saturated carbocycles. The number of fused-ring (bicyclic) bond motifs is 1. The highest BCUT2D eigenvalue weighted by Gasteiger charge is 2.39. The van der Waals surface area contributed by atoms with Crippen molar-refractivity contribution in [2.75, 3.05) is 31.1 Å².